The van der Waals surface area contributed by atoms with Gasteiger partial charge in [0.2, 0.25) is 0 Å². The minimum atomic E-state index is -4.11. The van der Waals surface area contributed by atoms with Crippen molar-refractivity contribution in [3.63, 3.8) is 0 Å². The van der Waals surface area contributed by atoms with Crippen LogP contribution in [0.25, 0.3) is 0 Å². The molecule has 1 amide bonds. The maximum Gasteiger partial charge on any atom is 0.391 e. The van der Waals surface area contributed by atoms with Gasteiger partial charge < -0.3 is 10.1 Å². The SMILES string of the molecule is CCOC[C@H](NC(=O)c1cnc2c(c1)CN(C[C@H]1CC[C@H](C(F)(F)F)CC1)[C@H]2C(C)C)c1ccc(S(=O)(=O)CC)cc1. The Morgan fingerprint density at radius 3 is 2.36 bits per heavy atom. The van der Waals surface area contributed by atoms with Crippen molar-refractivity contribution in [2.75, 3.05) is 25.5 Å². The fraction of sp³-hybridized carbons (Fsp3) is 0.613. The van der Waals surface area contributed by atoms with Gasteiger partial charge in [-0.1, -0.05) is 32.9 Å². The first-order valence-electron chi connectivity index (χ1n) is 14.8. The fourth-order valence-electron chi connectivity index (χ4n) is 6.22. The largest absolute Gasteiger partial charge is 0.391 e. The van der Waals surface area contributed by atoms with E-state index in [1.54, 1.807) is 37.4 Å². The number of hydrogen-bond donors (Lipinski definition) is 1. The van der Waals surface area contributed by atoms with E-state index in [9.17, 15) is 26.4 Å². The van der Waals surface area contributed by atoms with Gasteiger partial charge in [-0.15, -0.1) is 0 Å². The molecule has 2 aliphatic rings. The Bertz CT molecular complexity index is 1320. The van der Waals surface area contributed by atoms with E-state index in [4.69, 9.17) is 9.72 Å². The van der Waals surface area contributed by atoms with Crippen molar-refractivity contribution in [1.82, 2.24) is 15.2 Å². The molecule has 0 spiro atoms. The van der Waals surface area contributed by atoms with Gasteiger partial charge in [0.15, 0.2) is 9.84 Å². The van der Waals surface area contributed by atoms with Crippen molar-refractivity contribution in [2.24, 2.45) is 17.8 Å². The number of carbonyl (C=O) groups excluding carboxylic acids is 1. The molecule has 2 atom stereocenters. The number of pyridine rings is 1. The Labute approximate surface area is 247 Å². The summed E-state index contributed by atoms with van der Waals surface area (Å²) in [5, 5.41) is 3.02. The average molecular weight is 610 g/mol. The minimum absolute atomic E-state index is 0.00502. The lowest BCUT2D eigenvalue weighted by atomic mass is 9.81. The highest BCUT2D eigenvalue weighted by molar-refractivity contribution is 7.91. The molecule has 1 saturated carbocycles. The van der Waals surface area contributed by atoms with Gasteiger partial charge in [0.05, 0.1) is 46.5 Å². The number of hydrogen-bond acceptors (Lipinski definition) is 6. The van der Waals surface area contributed by atoms with Crippen molar-refractivity contribution in [1.29, 1.82) is 0 Å². The molecule has 0 bridgehead atoms. The van der Waals surface area contributed by atoms with Crippen LogP contribution in [0.15, 0.2) is 41.4 Å². The number of ether oxygens (including phenoxy) is 1. The number of aromatic nitrogens is 1. The van der Waals surface area contributed by atoms with Gasteiger partial charge in [0.1, 0.15) is 0 Å². The first-order valence-corrected chi connectivity index (χ1v) is 16.5. The Morgan fingerprint density at radius 2 is 1.79 bits per heavy atom. The van der Waals surface area contributed by atoms with Crippen LogP contribution in [0.2, 0.25) is 0 Å². The van der Waals surface area contributed by atoms with Crippen molar-refractivity contribution < 1.29 is 31.1 Å². The van der Waals surface area contributed by atoms with E-state index < -0.39 is 28.0 Å². The molecule has 0 unspecified atom stereocenters. The molecule has 1 N–H and O–H groups in total. The number of alkyl halides is 3. The number of amides is 1. The molecule has 1 aromatic carbocycles. The van der Waals surface area contributed by atoms with E-state index in [0.29, 0.717) is 38.1 Å². The predicted molar refractivity (Wildman–Crippen MR) is 155 cm³/mol. The van der Waals surface area contributed by atoms with Gasteiger partial charge >= 0.3 is 6.18 Å². The Kier molecular flexibility index (Phi) is 10.4. The number of carbonyl (C=O) groups is 1. The molecular weight excluding hydrogens is 567 g/mol. The van der Waals surface area contributed by atoms with Crippen LogP contribution >= 0.6 is 0 Å². The highest BCUT2D eigenvalue weighted by Crippen LogP contribution is 2.43. The Balaban J connectivity index is 1.47. The lowest BCUT2D eigenvalue weighted by Crippen LogP contribution is -2.35. The monoisotopic (exact) mass is 609 g/mol. The van der Waals surface area contributed by atoms with Gasteiger partial charge in [-0.3, -0.25) is 14.7 Å². The topological polar surface area (TPSA) is 88.6 Å². The van der Waals surface area contributed by atoms with Crippen molar-refractivity contribution in [3.8, 4) is 0 Å². The number of benzene rings is 1. The minimum Gasteiger partial charge on any atom is -0.379 e. The Morgan fingerprint density at radius 1 is 1.12 bits per heavy atom. The summed E-state index contributed by atoms with van der Waals surface area (Å²) in [5.74, 6) is -1.04. The zero-order valence-electron chi connectivity index (χ0n) is 24.8. The van der Waals surface area contributed by atoms with Gasteiger partial charge in [-0.25, -0.2) is 8.42 Å². The lowest BCUT2D eigenvalue weighted by Gasteiger charge is -2.35. The third kappa shape index (κ3) is 7.52. The first-order chi connectivity index (χ1) is 19.8. The van der Waals surface area contributed by atoms with Gasteiger partial charge in [-0.2, -0.15) is 13.2 Å². The summed E-state index contributed by atoms with van der Waals surface area (Å²) >= 11 is 0. The molecule has 0 radical (unpaired) electrons. The number of nitrogens with zero attached hydrogens (tertiary/aromatic N) is 2. The maximum absolute atomic E-state index is 13.4. The highest BCUT2D eigenvalue weighted by atomic mass is 32.2. The Hall–Kier alpha value is -2.50. The molecule has 1 aromatic heterocycles. The van der Waals surface area contributed by atoms with E-state index in [1.807, 2.05) is 13.0 Å². The van der Waals surface area contributed by atoms with Crippen LogP contribution in [0, 0.1) is 17.8 Å². The van der Waals surface area contributed by atoms with Crippen LogP contribution in [0.5, 0.6) is 0 Å². The summed E-state index contributed by atoms with van der Waals surface area (Å²) in [6, 6.07) is 7.90. The lowest BCUT2D eigenvalue weighted by molar-refractivity contribution is -0.184. The van der Waals surface area contributed by atoms with Crippen LogP contribution in [0.4, 0.5) is 13.2 Å². The number of nitrogens with one attached hydrogen (secondary N) is 1. The third-order valence-corrected chi connectivity index (χ3v) is 10.3. The van der Waals surface area contributed by atoms with Crippen LogP contribution < -0.4 is 5.32 Å². The first kappa shape index (κ1) is 32.4. The van der Waals surface area contributed by atoms with E-state index in [1.165, 1.54) is 0 Å². The summed E-state index contributed by atoms with van der Waals surface area (Å²) < 4.78 is 69.5. The number of sulfone groups is 1. The molecule has 4 rings (SSSR count). The molecule has 2 heterocycles. The molecule has 1 aliphatic heterocycles. The van der Waals surface area contributed by atoms with E-state index in [2.05, 4.69) is 24.1 Å². The standard InChI is InChI=1S/C31H42F3N3O4S/c1-5-41-19-27(22-9-13-26(14-10-22)42(39,40)6-2)36-30(38)23-15-24-18-37(29(20(3)4)28(24)35-16-23)17-21-7-11-25(12-8-21)31(32,33)34/h9-10,13-16,20-21,25,27,29H,5-8,11-12,17-19H2,1-4H3,(H,36,38)/t21-,25-,27-,29-/m0/s1. The molecular formula is C31H42F3N3O4S. The summed E-state index contributed by atoms with van der Waals surface area (Å²) in [4.78, 5) is 20.6. The number of halogens is 3. The smallest absolute Gasteiger partial charge is 0.379 e. The average Bonchev–Trinajstić information content (AvgIpc) is 3.32. The molecule has 7 nitrogen and oxygen atoms in total. The van der Waals surface area contributed by atoms with Crippen LogP contribution in [-0.2, 0) is 21.1 Å². The molecule has 1 fully saturated rings. The highest BCUT2D eigenvalue weighted by Gasteiger charge is 2.42. The quantitative estimate of drug-likeness (QED) is 0.323. The van der Waals surface area contributed by atoms with E-state index in [-0.39, 0.29) is 53.9 Å². The summed E-state index contributed by atoms with van der Waals surface area (Å²) in [7, 11) is -3.34. The summed E-state index contributed by atoms with van der Waals surface area (Å²) in [5.41, 5.74) is 3.02. The van der Waals surface area contributed by atoms with E-state index in [0.717, 1.165) is 16.8 Å². The normalized spacial score (nSPS) is 22.2. The van der Waals surface area contributed by atoms with Crippen LogP contribution in [0.1, 0.15) is 92.6 Å². The van der Waals surface area contributed by atoms with Gasteiger partial charge in [-0.05, 0) is 73.8 Å². The molecule has 2 aromatic rings. The van der Waals surface area contributed by atoms with Crippen molar-refractivity contribution in [3.05, 3.63) is 58.9 Å². The molecule has 1 aliphatic carbocycles. The maximum atomic E-state index is 13.4. The summed E-state index contributed by atoms with van der Waals surface area (Å²) in [6.45, 7) is 9.68. The van der Waals surface area contributed by atoms with Gasteiger partial charge in [0, 0.05) is 25.9 Å². The second-order valence-electron chi connectivity index (χ2n) is 11.8. The molecule has 42 heavy (non-hydrogen) atoms. The fourth-order valence-corrected chi connectivity index (χ4v) is 7.10. The second kappa shape index (κ2) is 13.4. The zero-order chi connectivity index (χ0) is 30.7. The van der Waals surface area contributed by atoms with Gasteiger partial charge in [0.25, 0.3) is 5.91 Å². The number of fused-ring (bicyclic) bond motifs is 1. The number of rotatable bonds is 11. The molecule has 232 valence electrons. The molecule has 11 heteroatoms. The third-order valence-electron chi connectivity index (χ3n) is 8.56. The zero-order valence-corrected chi connectivity index (χ0v) is 25.6. The summed E-state index contributed by atoms with van der Waals surface area (Å²) in [6.07, 6.45) is -1.04. The second-order valence-corrected chi connectivity index (χ2v) is 14.1. The van der Waals surface area contributed by atoms with Crippen molar-refractivity contribution >= 4 is 15.7 Å². The predicted octanol–water partition coefficient (Wildman–Crippen LogP) is 6.26. The van der Waals surface area contributed by atoms with Crippen molar-refractivity contribution in [2.45, 2.75) is 83.1 Å². The van der Waals surface area contributed by atoms with Crippen LogP contribution in [-0.4, -0.2) is 55.9 Å². The van der Waals surface area contributed by atoms with Crippen LogP contribution in [0.3, 0.4) is 0 Å². The van der Waals surface area contributed by atoms with E-state index >= 15 is 0 Å². The molecule has 0 saturated heterocycles.